The third-order valence-electron chi connectivity index (χ3n) is 5.79. The molecular weight excluding hydrogens is 508 g/mol. The number of halogens is 1. The highest BCUT2D eigenvalue weighted by Crippen LogP contribution is 2.24. The highest BCUT2D eigenvalue weighted by atomic mass is 35.5. The normalized spacial score (nSPS) is 11.7. The van der Waals surface area contributed by atoms with Crippen LogP contribution in [0, 0.1) is 0 Å². The molecule has 1 atom stereocenters. The van der Waals surface area contributed by atoms with Gasteiger partial charge in [0.2, 0.25) is 5.91 Å². The average Bonchev–Trinajstić information content (AvgIpc) is 2.89. The molecule has 37 heavy (non-hydrogen) atoms. The lowest BCUT2D eigenvalue weighted by Gasteiger charge is -2.17. The topological polar surface area (TPSA) is 117 Å². The number of hydrazone groups is 1. The summed E-state index contributed by atoms with van der Waals surface area (Å²) in [6.45, 7) is 0.455. The third kappa shape index (κ3) is 7.10. The molecular formula is C28H27ClN4O3S. The first-order valence-electron chi connectivity index (χ1n) is 11.3. The van der Waals surface area contributed by atoms with Crippen LogP contribution in [-0.2, 0) is 17.8 Å². The molecule has 190 valence electrons. The van der Waals surface area contributed by atoms with Gasteiger partial charge in [0.1, 0.15) is 5.75 Å². The molecule has 0 spiro atoms. The van der Waals surface area contributed by atoms with Gasteiger partial charge in [-0.05, 0) is 46.5 Å². The maximum Gasteiger partial charge on any atom is 0.271 e. The van der Waals surface area contributed by atoms with Crippen LogP contribution in [-0.4, -0.2) is 29.2 Å². The summed E-state index contributed by atoms with van der Waals surface area (Å²) in [6.07, 6.45) is 2.08. The molecule has 2 amide bonds. The van der Waals surface area contributed by atoms with Gasteiger partial charge >= 0.3 is 0 Å². The van der Waals surface area contributed by atoms with Gasteiger partial charge in [-0.3, -0.25) is 9.59 Å². The van der Waals surface area contributed by atoms with Gasteiger partial charge in [0.15, 0.2) is 0 Å². The number of carbonyl (C=O) groups is 2. The monoisotopic (exact) mass is 534 g/mol. The summed E-state index contributed by atoms with van der Waals surface area (Å²) in [5.41, 5.74) is 11.3. The number of fused-ring (bicyclic) bond motifs is 1. The van der Waals surface area contributed by atoms with E-state index in [0.29, 0.717) is 13.0 Å². The van der Waals surface area contributed by atoms with Crippen LogP contribution in [0.15, 0.2) is 90.0 Å². The summed E-state index contributed by atoms with van der Waals surface area (Å²) >= 11 is 5.87. The minimum atomic E-state index is -0.504. The number of nitrogens with one attached hydrogen (secondary N) is 2. The fourth-order valence-electron chi connectivity index (χ4n) is 3.88. The number of benzene rings is 4. The SMILES string of the molecule is NC(=O)C(Cc1ccccc1)NCc1ccc(/C=N/NC(=O)c2ccc(O)c(Cl)c2)c2ccccc12.S. The minimum Gasteiger partial charge on any atom is -0.506 e. The fourth-order valence-corrected chi connectivity index (χ4v) is 4.06. The quantitative estimate of drug-likeness (QED) is 0.189. The number of amides is 2. The van der Waals surface area contributed by atoms with Gasteiger partial charge in [0, 0.05) is 17.7 Å². The smallest absolute Gasteiger partial charge is 0.271 e. The van der Waals surface area contributed by atoms with Gasteiger partial charge < -0.3 is 16.2 Å². The number of carbonyl (C=O) groups excluding carboxylic acids is 2. The van der Waals surface area contributed by atoms with E-state index in [0.717, 1.165) is 27.5 Å². The van der Waals surface area contributed by atoms with Crippen molar-refractivity contribution < 1.29 is 14.7 Å². The molecule has 0 fully saturated rings. The molecule has 4 aromatic carbocycles. The van der Waals surface area contributed by atoms with Gasteiger partial charge in [0.25, 0.3) is 5.91 Å². The summed E-state index contributed by atoms with van der Waals surface area (Å²) in [6, 6.07) is 25.1. The van der Waals surface area contributed by atoms with Gasteiger partial charge in [-0.25, -0.2) is 5.43 Å². The Morgan fingerprint density at radius 2 is 1.68 bits per heavy atom. The number of primary amides is 1. The van der Waals surface area contributed by atoms with E-state index in [4.69, 9.17) is 17.3 Å². The molecule has 0 heterocycles. The summed E-state index contributed by atoms with van der Waals surface area (Å²) < 4.78 is 0. The van der Waals surface area contributed by atoms with E-state index in [-0.39, 0.29) is 29.8 Å². The van der Waals surface area contributed by atoms with E-state index >= 15 is 0 Å². The molecule has 9 heteroatoms. The van der Waals surface area contributed by atoms with Crippen LogP contribution in [0.25, 0.3) is 10.8 Å². The second-order valence-corrected chi connectivity index (χ2v) is 8.66. The number of hydrogen-bond acceptors (Lipinski definition) is 5. The van der Waals surface area contributed by atoms with E-state index in [2.05, 4.69) is 15.8 Å². The second-order valence-electron chi connectivity index (χ2n) is 8.25. The summed E-state index contributed by atoms with van der Waals surface area (Å²) in [7, 11) is 0. The van der Waals surface area contributed by atoms with Crippen LogP contribution in [0.1, 0.15) is 27.0 Å². The molecule has 0 bridgehead atoms. The molecule has 4 rings (SSSR count). The predicted molar refractivity (Wildman–Crippen MR) is 152 cm³/mol. The van der Waals surface area contributed by atoms with Crippen molar-refractivity contribution in [3.05, 3.63) is 112 Å². The molecule has 4 aromatic rings. The summed E-state index contributed by atoms with van der Waals surface area (Å²) in [5, 5.41) is 18.9. The maximum absolute atomic E-state index is 12.3. The van der Waals surface area contributed by atoms with Crippen molar-refractivity contribution in [1.29, 1.82) is 0 Å². The molecule has 0 saturated carbocycles. The molecule has 7 nitrogen and oxygen atoms in total. The van der Waals surface area contributed by atoms with E-state index < -0.39 is 17.9 Å². The average molecular weight is 535 g/mol. The van der Waals surface area contributed by atoms with Gasteiger partial charge in [0.05, 0.1) is 17.3 Å². The Labute approximate surface area is 226 Å². The highest BCUT2D eigenvalue weighted by Gasteiger charge is 2.16. The van der Waals surface area contributed by atoms with Crippen molar-refractivity contribution in [1.82, 2.24) is 10.7 Å². The first kappa shape index (κ1) is 27.7. The molecule has 0 aliphatic carbocycles. The molecule has 0 aromatic heterocycles. The standard InChI is InChI=1S/C28H25ClN4O3.H2S/c29-24-15-19(12-13-26(24)34)28(36)33-32-17-21-11-10-20(22-8-4-5-9-23(21)22)16-31-25(27(30)35)14-18-6-2-1-3-7-18;/h1-13,15,17,25,31,34H,14,16H2,(H2,30,35)(H,33,36);1H2/b32-17+;. The second kappa shape index (κ2) is 12.9. The number of aromatic hydroxyl groups is 1. The van der Waals surface area contributed by atoms with Crippen molar-refractivity contribution >= 4 is 53.9 Å². The van der Waals surface area contributed by atoms with Crippen LogP contribution in [0.2, 0.25) is 5.02 Å². The number of nitrogens with two attached hydrogens (primary N) is 1. The van der Waals surface area contributed by atoms with Gasteiger partial charge in [-0.2, -0.15) is 18.6 Å². The summed E-state index contributed by atoms with van der Waals surface area (Å²) in [5.74, 6) is -0.952. The van der Waals surface area contributed by atoms with Crippen molar-refractivity contribution in [2.24, 2.45) is 10.8 Å². The third-order valence-corrected chi connectivity index (χ3v) is 6.10. The molecule has 0 aliphatic heterocycles. The lowest BCUT2D eigenvalue weighted by molar-refractivity contribution is -0.120. The zero-order chi connectivity index (χ0) is 25.5. The van der Waals surface area contributed by atoms with E-state index in [1.807, 2.05) is 66.7 Å². The Morgan fingerprint density at radius 3 is 2.38 bits per heavy atom. The number of hydrogen-bond donors (Lipinski definition) is 4. The lowest BCUT2D eigenvalue weighted by Crippen LogP contribution is -2.42. The predicted octanol–water partition coefficient (Wildman–Crippen LogP) is 4.26. The van der Waals surface area contributed by atoms with E-state index in [1.54, 1.807) is 6.21 Å². The molecule has 0 aliphatic rings. The zero-order valence-corrected chi connectivity index (χ0v) is 21.6. The van der Waals surface area contributed by atoms with Crippen molar-refractivity contribution in [3.8, 4) is 5.75 Å². The molecule has 1 unspecified atom stereocenters. The van der Waals surface area contributed by atoms with Crippen LogP contribution in [0.4, 0.5) is 0 Å². The van der Waals surface area contributed by atoms with E-state index in [1.165, 1.54) is 18.2 Å². The minimum absolute atomic E-state index is 0. The summed E-state index contributed by atoms with van der Waals surface area (Å²) in [4.78, 5) is 24.4. The fraction of sp³-hybridized carbons (Fsp3) is 0.107. The Hall–Kier alpha value is -3.85. The number of phenols is 1. The largest absolute Gasteiger partial charge is 0.506 e. The van der Waals surface area contributed by atoms with Gasteiger partial charge in [-0.1, -0.05) is 78.3 Å². The van der Waals surface area contributed by atoms with Crippen LogP contribution in [0.5, 0.6) is 5.75 Å². The zero-order valence-electron chi connectivity index (χ0n) is 19.8. The number of phenolic OH excluding ortho intramolecular Hbond substituents is 1. The van der Waals surface area contributed by atoms with E-state index in [9.17, 15) is 14.7 Å². The highest BCUT2D eigenvalue weighted by molar-refractivity contribution is 7.59. The first-order valence-corrected chi connectivity index (χ1v) is 11.7. The number of rotatable bonds is 9. The Bertz CT molecular complexity index is 1430. The molecule has 0 radical (unpaired) electrons. The van der Waals surface area contributed by atoms with Crippen LogP contribution in [0.3, 0.4) is 0 Å². The first-order chi connectivity index (χ1) is 17.4. The molecule has 0 saturated heterocycles. The molecule has 5 N–H and O–H groups in total. The van der Waals surface area contributed by atoms with Crippen molar-refractivity contribution in [2.45, 2.75) is 19.0 Å². The Morgan fingerprint density at radius 1 is 0.973 bits per heavy atom. The van der Waals surface area contributed by atoms with Crippen molar-refractivity contribution in [3.63, 3.8) is 0 Å². The Kier molecular flexibility index (Phi) is 9.68. The van der Waals surface area contributed by atoms with Crippen LogP contribution >= 0.6 is 25.1 Å². The maximum atomic E-state index is 12.3. The Balaban J connectivity index is 0.00000380. The van der Waals surface area contributed by atoms with Gasteiger partial charge in [-0.15, -0.1) is 0 Å². The lowest BCUT2D eigenvalue weighted by atomic mass is 9.99. The van der Waals surface area contributed by atoms with Crippen molar-refractivity contribution in [2.75, 3.05) is 0 Å². The van der Waals surface area contributed by atoms with Crippen LogP contribution < -0.4 is 16.5 Å². The number of nitrogens with zero attached hydrogens (tertiary/aromatic N) is 1.